The van der Waals surface area contributed by atoms with Crippen molar-refractivity contribution < 1.29 is 28.2 Å². The number of alkyl halides is 1. The Bertz CT molecular complexity index is 943. The molecular weight excluding hydrogens is 377 g/mol. The minimum Gasteiger partial charge on any atom is -0.463 e. The van der Waals surface area contributed by atoms with Crippen LogP contribution < -0.4 is 11.3 Å². The minimum atomic E-state index is -1.82. The Hall–Kier alpha value is -3.02. The van der Waals surface area contributed by atoms with Crippen molar-refractivity contribution in [3.63, 3.8) is 0 Å². The molecule has 0 amide bonds. The van der Waals surface area contributed by atoms with Gasteiger partial charge in [-0.2, -0.15) is 4.98 Å². The number of anilines is 1. The van der Waals surface area contributed by atoms with Gasteiger partial charge in [0, 0.05) is 12.8 Å². The van der Waals surface area contributed by atoms with Gasteiger partial charge in [0.05, 0.1) is 6.33 Å². The number of nitrogens with one attached hydrogen (secondary N) is 1. The summed E-state index contributed by atoms with van der Waals surface area (Å²) in [5.74, 6) is -1.30. The van der Waals surface area contributed by atoms with E-state index in [1.165, 1.54) is 10.9 Å². The van der Waals surface area contributed by atoms with Gasteiger partial charge in [0.2, 0.25) is 5.95 Å². The van der Waals surface area contributed by atoms with Crippen molar-refractivity contribution in [2.24, 2.45) is 0 Å². The Morgan fingerprint density at radius 2 is 2.07 bits per heavy atom. The molecule has 0 unspecified atom stereocenters. The number of aromatic amines is 1. The number of carbonyl (C=O) groups is 2. The zero-order valence-electron chi connectivity index (χ0n) is 15.3. The number of imidazole rings is 1. The highest BCUT2D eigenvalue weighted by molar-refractivity contribution is 5.71. The molecule has 2 aromatic heterocycles. The predicted octanol–water partition coefficient (Wildman–Crippen LogP) is 0.212. The fourth-order valence-corrected chi connectivity index (χ4v) is 2.83. The molecule has 0 aromatic carbocycles. The smallest absolute Gasteiger partial charge is 0.305 e. The number of fused-ring (bicyclic) bond motifs is 1. The SMILES string of the molecule is CCC(=O)OC[C@H]1O[C@@H](n2cnc3c(=O)[nH]c(N)nc32)[C@H](F)[C@@H]1OC(=O)CC. The molecule has 1 fully saturated rings. The first-order chi connectivity index (χ1) is 13.3. The van der Waals surface area contributed by atoms with E-state index in [4.69, 9.17) is 19.9 Å². The highest BCUT2D eigenvalue weighted by Gasteiger charge is 2.49. The third kappa shape index (κ3) is 3.67. The molecule has 12 heteroatoms. The summed E-state index contributed by atoms with van der Waals surface area (Å²) in [6.07, 6.45) is -4.12. The first kappa shape index (κ1) is 19.7. The maximum Gasteiger partial charge on any atom is 0.305 e. The van der Waals surface area contributed by atoms with Crippen LogP contribution in [0.15, 0.2) is 11.1 Å². The Morgan fingerprint density at radius 3 is 2.75 bits per heavy atom. The van der Waals surface area contributed by atoms with Crippen molar-refractivity contribution in [1.29, 1.82) is 0 Å². The van der Waals surface area contributed by atoms with E-state index in [0.29, 0.717) is 0 Å². The van der Waals surface area contributed by atoms with Crippen LogP contribution in [0.1, 0.15) is 32.9 Å². The van der Waals surface area contributed by atoms with Gasteiger partial charge in [0.15, 0.2) is 29.7 Å². The zero-order valence-corrected chi connectivity index (χ0v) is 15.3. The van der Waals surface area contributed by atoms with Gasteiger partial charge in [0.25, 0.3) is 5.56 Å². The van der Waals surface area contributed by atoms with Gasteiger partial charge in [0.1, 0.15) is 12.7 Å². The van der Waals surface area contributed by atoms with E-state index in [9.17, 15) is 14.4 Å². The number of hydrogen-bond donors (Lipinski definition) is 2. The number of H-pyrrole nitrogens is 1. The van der Waals surface area contributed by atoms with E-state index in [0.717, 1.165) is 0 Å². The highest BCUT2D eigenvalue weighted by Crippen LogP contribution is 2.35. The normalized spacial score (nSPS) is 24.4. The Balaban J connectivity index is 1.92. The monoisotopic (exact) mass is 397 g/mol. The summed E-state index contributed by atoms with van der Waals surface area (Å²) in [5.41, 5.74) is 4.93. The molecule has 0 aliphatic carbocycles. The molecule has 0 radical (unpaired) electrons. The van der Waals surface area contributed by atoms with Gasteiger partial charge in [-0.25, -0.2) is 9.37 Å². The number of halogens is 1. The lowest BCUT2D eigenvalue weighted by molar-refractivity contribution is -0.158. The molecule has 1 aliphatic heterocycles. The minimum absolute atomic E-state index is 0.0145. The van der Waals surface area contributed by atoms with Crippen LogP contribution >= 0.6 is 0 Å². The largest absolute Gasteiger partial charge is 0.463 e. The van der Waals surface area contributed by atoms with E-state index in [2.05, 4.69) is 15.0 Å². The number of esters is 2. The van der Waals surface area contributed by atoms with E-state index >= 15 is 4.39 Å². The molecule has 0 bridgehead atoms. The number of aromatic nitrogens is 4. The van der Waals surface area contributed by atoms with Crippen molar-refractivity contribution in [3.05, 3.63) is 16.7 Å². The van der Waals surface area contributed by atoms with Crippen LogP contribution in [-0.2, 0) is 23.8 Å². The molecular formula is C16H20FN5O6. The second-order valence-corrected chi connectivity index (χ2v) is 6.13. The molecule has 3 rings (SSSR count). The van der Waals surface area contributed by atoms with E-state index in [1.807, 2.05) is 0 Å². The summed E-state index contributed by atoms with van der Waals surface area (Å²) in [6, 6.07) is 0. The molecule has 4 atom stereocenters. The predicted molar refractivity (Wildman–Crippen MR) is 92.8 cm³/mol. The van der Waals surface area contributed by atoms with Crippen LogP contribution in [-0.4, -0.2) is 56.4 Å². The summed E-state index contributed by atoms with van der Waals surface area (Å²) in [4.78, 5) is 45.2. The molecule has 3 heterocycles. The van der Waals surface area contributed by atoms with E-state index < -0.39 is 42.1 Å². The van der Waals surface area contributed by atoms with Crippen molar-refractivity contribution in [1.82, 2.24) is 19.5 Å². The van der Waals surface area contributed by atoms with Crippen LogP contribution in [0.2, 0.25) is 0 Å². The summed E-state index contributed by atoms with van der Waals surface area (Å²) < 4.78 is 32.2. The topological polar surface area (TPSA) is 151 Å². The Labute approximate surface area is 158 Å². The molecule has 0 saturated carbocycles. The second-order valence-electron chi connectivity index (χ2n) is 6.13. The third-order valence-corrected chi connectivity index (χ3v) is 4.25. The summed E-state index contributed by atoms with van der Waals surface area (Å²) in [6.45, 7) is 2.88. The third-order valence-electron chi connectivity index (χ3n) is 4.25. The highest BCUT2D eigenvalue weighted by atomic mass is 19.1. The average molecular weight is 397 g/mol. The first-order valence-corrected chi connectivity index (χ1v) is 8.72. The number of nitrogens with two attached hydrogens (primary N) is 1. The van der Waals surface area contributed by atoms with Gasteiger partial charge < -0.3 is 19.9 Å². The Morgan fingerprint density at radius 1 is 1.36 bits per heavy atom. The standard InChI is InChI=1S/C16H20FN5O6/c1-3-8(23)26-5-7-12(28-9(24)4-2)10(17)15(27-7)22-6-19-11-13(22)20-16(18)21-14(11)25/h6-7,10,12,15H,3-5H2,1-2H3,(H3,18,20,21,25)/t7-,10-,12-,15-/m1/s1. The van der Waals surface area contributed by atoms with Crippen LogP contribution in [0.4, 0.5) is 10.3 Å². The summed E-state index contributed by atoms with van der Waals surface area (Å²) in [5, 5.41) is 0. The lowest BCUT2D eigenvalue weighted by Crippen LogP contribution is -2.36. The number of hydrogen-bond acceptors (Lipinski definition) is 9. The number of rotatable bonds is 6. The lowest BCUT2D eigenvalue weighted by Gasteiger charge is -2.19. The average Bonchev–Trinajstić information content (AvgIpc) is 3.21. The van der Waals surface area contributed by atoms with Crippen LogP contribution in [0.5, 0.6) is 0 Å². The van der Waals surface area contributed by atoms with Crippen molar-refractivity contribution >= 4 is 29.1 Å². The molecule has 1 aliphatic rings. The maximum atomic E-state index is 15.2. The molecule has 3 N–H and O–H groups in total. The molecule has 2 aromatic rings. The first-order valence-electron chi connectivity index (χ1n) is 8.72. The zero-order chi connectivity index (χ0) is 20.4. The van der Waals surface area contributed by atoms with Gasteiger partial charge in [-0.15, -0.1) is 0 Å². The number of nitrogens with zero attached hydrogens (tertiary/aromatic N) is 3. The number of ether oxygens (including phenoxy) is 3. The van der Waals surface area contributed by atoms with Crippen LogP contribution in [0.3, 0.4) is 0 Å². The van der Waals surface area contributed by atoms with E-state index in [1.54, 1.807) is 13.8 Å². The van der Waals surface area contributed by atoms with Gasteiger partial charge in [-0.3, -0.25) is 23.9 Å². The molecule has 152 valence electrons. The Kier molecular flexibility index (Phi) is 5.58. The number of nitrogen functional groups attached to an aromatic ring is 1. The van der Waals surface area contributed by atoms with Gasteiger partial charge in [-0.1, -0.05) is 13.8 Å². The summed E-state index contributed by atoms with van der Waals surface area (Å²) in [7, 11) is 0. The van der Waals surface area contributed by atoms with Gasteiger partial charge in [-0.05, 0) is 0 Å². The lowest BCUT2D eigenvalue weighted by atomic mass is 10.1. The molecule has 0 spiro atoms. The fraction of sp³-hybridized carbons (Fsp3) is 0.562. The second kappa shape index (κ2) is 7.92. The fourth-order valence-electron chi connectivity index (χ4n) is 2.83. The van der Waals surface area contributed by atoms with Crippen molar-refractivity contribution in [3.8, 4) is 0 Å². The van der Waals surface area contributed by atoms with Crippen LogP contribution in [0, 0.1) is 0 Å². The van der Waals surface area contributed by atoms with E-state index in [-0.39, 0.29) is 36.6 Å². The quantitative estimate of drug-likeness (QED) is 0.652. The van der Waals surface area contributed by atoms with Crippen molar-refractivity contribution in [2.75, 3.05) is 12.3 Å². The molecule has 28 heavy (non-hydrogen) atoms. The van der Waals surface area contributed by atoms with Gasteiger partial charge >= 0.3 is 11.9 Å². The molecule has 11 nitrogen and oxygen atoms in total. The maximum absolute atomic E-state index is 15.2. The van der Waals surface area contributed by atoms with Crippen molar-refractivity contribution in [2.45, 2.75) is 51.3 Å². The summed E-state index contributed by atoms with van der Waals surface area (Å²) >= 11 is 0. The molecule has 1 saturated heterocycles. The number of carbonyl (C=O) groups excluding carboxylic acids is 2. The van der Waals surface area contributed by atoms with Crippen LogP contribution in [0.25, 0.3) is 11.2 Å².